The lowest BCUT2D eigenvalue weighted by atomic mass is 10.1. The fourth-order valence-corrected chi connectivity index (χ4v) is 2.68. The summed E-state index contributed by atoms with van der Waals surface area (Å²) in [5.41, 5.74) is 11.2. The fourth-order valence-electron chi connectivity index (χ4n) is 2.68. The highest BCUT2D eigenvalue weighted by atomic mass is 15.5. The number of nitrogens with one attached hydrogen (secondary N) is 2. The number of terminal acetylenes is 1. The lowest BCUT2D eigenvalue weighted by Crippen LogP contribution is -2.25. The average molecular weight is 389 g/mol. The van der Waals surface area contributed by atoms with E-state index in [9.17, 15) is 0 Å². The Morgan fingerprint density at radius 1 is 1.28 bits per heavy atom. The summed E-state index contributed by atoms with van der Waals surface area (Å²) in [5.74, 6) is 0.787. The predicted octanol–water partition coefficient (Wildman–Crippen LogP) is 4.58. The van der Waals surface area contributed by atoms with Crippen LogP contribution >= 0.6 is 0 Å². The van der Waals surface area contributed by atoms with Crippen LogP contribution in [0.25, 0.3) is 16.9 Å². The Bertz CT molecular complexity index is 1020. The zero-order valence-electron chi connectivity index (χ0n) is 17.5. The van der Waals surface area contributed by atoms with Crippen LogP contribution in [0.4, 0.5) is 0 Å². The number of hydrogen-bond acceptors (Lipinski definition) is 5. The van der Waals surface area contributed by atoms with Crippen molar-refractivity contribution in [3.05, 3.63) is 65.9 Å². The summed E-state index contributed by atoms with van der Waals surface area (Å²) in [6.07, 6.45) is 12.6. The molecular weight excluding hydrogens is 360 g/mol. The van der Waals surface area contributed by atoms with Crippen molar-refractivity contribution in [2.45, 2.75) is 40.5 Å². The number of para-hydroxylation sites is 1. The van der Waals surface area contributed by atoms with Crippen LogP contribution in [-0.2, 0) is 0 Å². The number of benzene rings is 1. The quantitative estimate of drug-likeness (QED) is 0.217. The SMILES string of the molecule is C#CNN/C(C=C)=C/C=C(C)/C(CCC)=N/C(=C(C)C)n1nnc2ccccc21. The molecule has 150 valence electrons. The molecule has 2 N–H and O–H groups in total. The molecule has 0 aliphatic rings. The minimum absolute atomic E-state index is 0.767. The van der Waals surface area contributed by atoms with Crippen molar-refractivity contribution in [1.82, 2.24) is 25.8 Å². The summed E-state index contributed by atoms with van der Waals surface area (Å²) in [5, 5.41) is 8.59. The molecule has 0 aliphatic carbocycles. The summed E-state index contributed by atoms with van der Waals surface area (Å²) in [6.45, 7) is 12.0. The Hall–Kier alpha value is -3.59. The molecular formula is C23H28N6. The first-order chi connectivity index (χ1) is 14.0. The molecule has 0 spiro atoms. The molecule has 0 saturated heterocycles. The molecule has 0 fully saturated rings. The second kappa shape index (κ2) is 10.7. The van der Waals surface area contributed by atoms with Crippen molar-refractivity contribution in [3.8, 4) is 12.5 Å². The van der Waals surface area contributed by atoms with Crippen LogP contribution in [0.15, 0.2) is 70.9 Å². The maximum absolute atomic E-state index is 5.21. The summed E-state index contributed by atoms with van der Waals surface area (Å²) in [7, 11) is 0. The summed E-state index contributed by atoms with van der Waals surface area (Å²) < 4.78 is 1.80. The van der Waals surface area contributed by atoms with Gasteiger partial charge in [-0.15, -0.1) is 5.10 Å². The third kappa shape index (κ3) is 5.69. The van der Waals surface area contributed by atoms with E-state index in [-0.39, 0.29) is 0 Å². The van der Waals surface area contributed by atoms with Gasteiger partial charge in [0.15, 0.2) is 5.82 Å². The topological polar surface area (TPSA) is 67.1 Å². The lowest BCUT2D eigenvalue weighted by molar-refractivity contribution is 0.771. The minimum Gasteiger partial charge on any atom is -0.294 e. The van der Waals surface area contributed by atoms with Gasteiger partial charge in [0.05, 0.1) is 11.2 Å². The van der Waals surface area contributed by atoms with Crippen LogP contribution in [0.2, 0.25) is 0 Å². The highest BCUT2D eigenvalue weighted by molar-refractivity contribution is 6.02. The number of aliphatic imine (C=N–C) groups is 1. The van der Waals surface area contributed by atoms with Crippen LogP contribution in [0.5, 0.6) is 0 Å². The van der Waals surface area contributed by atoms with Crippen LogP contribution in [-0.4, -0.2) is 20.7 Å². The van der Waals surface area contributed by atoms with E-state index in [1.807, 2.05) is 57.2 Å². The Morgan fingerprint density at radius 3 is 2.69 bits per heavy atom. The Balaban J connectivity index is 2.47. The van der Waals surface area contributed by atoms with Gasteiger partial charge in [-0.3, -0.25) is 10.9 Å². The Kier molecular flexibility index (Phi) is 7.99. The highest BCUT2D eigenvalue weighted by Gasteiger charge is 2.11. The van der Waals surface area contributed by atoms with Crippen LogP contribution in [0, 0.1) is 12.5 Å². The lowest BCUT2D eigenvalue weighted by Gasteiger charge is -2.11. The first kappa shape index (κ1) is 21.7. The van der Waals surface area contributed by atoms with E-state index in [0.717, 1.165) is 52.3 Å². The number of fused-ring (bicyclic) bond motifs is 1. The van der Waals surface area contributed by atoms with Crippen molar-refractivity contribution < 1.29 is 0 Å². The third-order valence-corrected chi connectivity index (χ3v) is 4.19. The van der Waals surface area contributed by atoms with E-state index < -0.39 is 0 Å². The number of aromatic nitrogens is 3. The molecule has 0 radical (unpaired) electrons. The average Bonchev–Trinajstić information content (AvgIpc) is 3.14. The second-order valence-electron chi connectivity index (χ2n) is 6.69. The van der Waals surface area contributed by atoms with E-state index in [4.69, 9.17) is 11.4 Å². The van der Waals surface area contributed by atoms with Crippen molar-refractivity contribution in [1.29, 1.82) is 0 Å². The van der Waals surface area contributed by atoms with E-state index in [1.165, 1.54) is 0 Å². The van der Waals surface area contributed by atoms with Gasteiger partial charge in [-0.05, 0) is 62.6 Å². The molecule has 6 heteroatoms. The first-order valence-electron chi connectivity index (χ1n) is 9.55. The molecule has 1 aromatic heterocycles. The van der Waals surface area contributed by atoms with Crippen molar-refractivity contribution in [3.63, 3.8) is 0 Å². The molecule has 0 amide bonds. The summed E-state index contributed by atoms with van der Waals surface area (Å²) in [4.78, 5) is 4.99. The van der Waals surface area contributed by atoms with E-state index in [0.29, 0.717) is 0 Å². The standard InChI is InChI=1S/C23H28N6/c1-7-12-20(18(6)15-16-19(8-2)26-24-9-3)25-23(17(4)5)29-22-14-11-10-13-21(22)27-28-29/h3,8,10-11,13-16,24,26H,2,7,12H2,1,4-6H3/b18-15+,19-16+,25-20+. The maximum atomic E-state index is 5.21. The number of rotatable bonds is 9. The van der Waals surface area contributed by atoms with Gasteiger partial charge in [-0.1, -0.05) is 49.8 Å². The molecule has 2 rings (SSSR count). The minimum atomic E-state index is 0.767. The van der Waals surface area contributed by atoms with Crippen LogP contribution < -0.4 is 10.9 Å². The number of allylic oxidation sites excluding steroid dienone is 5. The molecule has 2 aromatic rings. The molecule has 29 heavy (non-hydrogen) atoms. The summed E-state index contributed by atoms with van der Waals surface area (Å²) >= 11 is 0. The molecule has 1 aromatic carbocycles. The molecule has 0 unspecified atom stereocenters. The largest absolute Gasteiger partial charge is 0.294 e. The number of hydrazine groups is 1. The molecule has 0 aliphatic heterocycles. The number of hydrogen-bond donors (Lipinski definition) is 2. The molecule has 0 atom stereocenters. The number of nitrogens with zero attached hydrogens (tertiary/aromatic N) is 4. The summed E-state index contributed by atoms with van der Waals surface area (Å²) in [6, 6.07) is 10.2. The van der Waals surface area contributed by atoms with Crippen LogP contribution in [0.1, 0.15) is 40.5 Å². The van der Waals surface area contributed by atoms with Gasteiger partial charge < -0.3 is 0 Å². The normalized spacial score (nSPS) is 12.4. The zero-order chi connectivity index (χ0) is 21.2. The zero-order valence-corrected chi connectivity index (χ0v) is 17.5. The first-order valence-corrected chi connectivity index (χ1v) is 9.55. The van der Waals surface area contributed by atoms with Gasteiger partial charge in [-0.2, -0.15) is 4.68 Å². The fraction of sp³-hybridized carbons (Fsp3) is 0.261. The highest BCUT2D eigenvalue weighted by Crippen LogP contribution is 2.20. The van der Waals surface area contributed by atoms with Crippen molar-refractivity contribution >= 4 is 22.6 Å². The molecule has 0 bridgehead atoms. The molecule has 1 heterocycles. The van der Waals surface area contributed by atoms with E-state index >= 15 is 0 Å². The van der Waals surface area contributed by atoms with Gasteiger partial charge in [0.25, 0.3) is 0 Å². The molecule has 6 nitrogen and oxygen atoms in total. The maximum Gasteiger partial charge on any atom is 0.154 e. The van der Waals surface area contributed by atoms with Gasteiger partial charge in [0, 0.05) is 11.8 Å². The molecule has 0 saturated carbocycles. The predicted molar refractivity (Wildman–Crippen MR) is 122 cm³/mol. The van der Waals surface area contributed by atoms with E-state index in [1.54, 1.807) is 10.8 Å². The van der Waals surface area contributed by atoms with E-state index in [2.05, 4.69) is 40.7 Å². The smallest absolute Gasteiger partial charge is 0.154 e. The van der Waals surface area contributed by atoms with Gasteiger partial charge in [-0.25, -0.2) is 4.99 Å². The van der Waals surface area contributed by atoms with Crippen molar-refractivity contribution in [2.75, 3.05) is 0 Å². The second-order valence-corrected chi connectivity index (χ2v) is 6.69. The monoisotopic (exact) mass is 388 g/mol. The van der Waals surface area contributed by atoms with Gasteiger partial charge in [0.1, 0.15) is 5.52 Å². The van der Waals surface area contributed by atoms with Gasteiger partial charge in [0.2, 0.25) is 0 Å². The van der Waals surface area contributed by atoms with Crippen molar-refractivity contribution in [2.24, 2.45) is 4.99 Å². The Morgan fingerprint density at radius 2 is 2.03 bits per heavy atom. The third-order valence-electron chi connectivity index (χ3n) is 4.19. The van der Waals surface area contributed by atoms with Crippen LogP contribution in [0.3, 0.4) is 0 Å². The van der Waals surface area contributed by atoms with Gasteiger partial charge >= 0.3 is 0 Å². The Labute approximate surface area is 172 Å².